The van der Waals surface area contributed by atoms with Crippen molar-refractivity contribution in [2.75, 3.05) is 18.1 Å². The summed E-state index contributed by atoms with van der Waals surface area (Å²) in [6.07, 6.45) is 1.53. The molecule has 0 aromatic heterocycles. The fourth-order valence-electron chi connectivity index (χ4n) is 3.50. The van der Waals surface area contributed by atoms with Crippen LogP contribution in [-0.2, 0) is 19.9 Å². The molecular formula is C22H24N2O5. The van der Waals surface area contributed by atoms with E-state index >= 15 is 0 Å². The number of hydrogen-bond donors (Lipinski definition) is 2. The highest BCUT2D eigenvalue weighted by molar-refractivity contribution is 5.95. The number of amides is 2. The molecule has 152 valence electrons. The molecule has 0 saturated carbocycles. The minimum Gasteiger partial charge on any atom is -0.484 e. The summed E-state index contributed by atoms with van der Waals surface area (Å²) in [6.45, 7) is 2.04. The van der Waals surface area contributed by atoms with E-state index in [9.17, 15) is 19.5 Å². The van der Waals surface area contributed by atoms with Crippen LogP contribution in [0, 0.1) is 0 Å². The van der Waals surface area contributed by atoms with Crippen LogP contribution in [0.1, 0.15) is 31.7 Å². The largest absolute Gasteiger partial charge is 0.484 e. The van der Waals surface area contributed by atoms with Crippen molar-refractivity contribution in [1.82, 2.24) is 5.32 Å². The molecule has 3 rings (SSSR count). The first kappa shape index (κ1) is 20.4. The summed E-state index contributed by atoms with van der Waals surface area (Å²) >= 11 is 0. The van der Waals surface area contributed by atoms with Gasteiger partial charge in [0.05, 0.1) is 0 Å². The number of anilines is 1. The molecule has 2 amide bonds. The van der Waals surface area contributed by atoms with Crippen LogP contribution in [0.2, 0.25) is 0 Å². The maximum Gasteiger partial charge on any atom is 0.334 e. The number of carboxylic acids is 1. The number of carbonyl (C=O) groups excluding carboxylic acids is 2. The van der Waals surface area contributed by atoms with E-state index in [4.69, 9.17) is 4.74 Å². The topological polar surface area (TPSA) is 95.9 Å². The van der Waals surface area contributed by atoms with Gasteiger partial charge in [-0.1, -0.05) is 43.3 Å². The van der Waals surface area contributed by atoms with E-state index in [-0.39, 0.29) is 18.9 Å². The van der Waals surface area contributed by atoms with Gasteiger partial charge in [0, 0.05) is 24.7 Å². The van der Waals surface area contributed by atoms with E-state index < -0.39 is 17.4 Å². The molecule has 1 saturated heterocycles. The zero-order valence-electron chi connectivity index (χ0n) is 16.3. The van der Waals surface area contributed by atoms with Gasteiger partial charge in [0.2, 0.25) is 5.91 Å². The number of nitrogens with zero attached hydrogens (tertiary/aromatic N) is 1. The Bertz CT molecular complexity index is 899. The smallest absolute Gasteiger partial charge is 0.334 e. The van der Waals surface area contributed by atoms with Crippen molar-refractivity contribution in [2.45, 2.75) is 31.7 Å². The average Bonchev–Trinajstić information content (AvgIpc) is 3.17. The molecular weight excluding hydrogens is 372 g/mol. The summed E-state index contributed by atoms with van der Waals surface area (Å²) in [5.74, 6) is -1.17. The molecule has 1 unspecified atom stereocenters. The van der Waals surface area contributed by atoms with Crippen molar-refractivity contribution in [2.24, 2.45) is 0 Å². The highest BCUT2D eigenvalue weighted by atomic mass is 16.5. The Balaban J connectivity index is 1.69. The summed E-state index contributed by atoms with van der Waals surface area (Å²) in [7, 11) is 0. The molecule has 7 heteroatoms. The van der Waals surface area contributed by atoms with Gasteiger partial charge in [-0.3, -0.25) is 9.59 Å². The average molecular weight is 396 g/mol. The summed E-state index contributed by atoms with van der Waals surface area (Å²) in [5.41, 5.74) is -0.299. The molecule has 0 radical (unpaired) electrons. The first-order chi connectivity index (χ1) is 14.0. The van der Waals surface area contributed by atoms with Crippen LogP contribution in [0.5, 0.6) is 5.75 Å². The SMILES string of the molecule is CCC(NC(=O)COc1cccc(N2CCCC2=O)c1)(C(=O)O)c1ccccc1. The predicted molar refractivity (Wildman–Crippen MR) is 108 cm³/mol. The van der Waals surface area contributed by atoms with Gasteiger partial charge in [-0.2, -0.15) is 0 Å². The van der Waals surface area contributed by atoms with E-state index in [0.717, 1.165) is 12.1 Å². The summed E-state index contributed by atoms with van der Waals surface area (Å²) in [4.78, 5) is 38.1. The van der Waals surface area contributed by atoms with Crippen molar-refractivity contribution < 1.29 is 24.2 Å². The molecule has 0 bridgehead atoms. The lowest BCUT2D eigenvalue weighted by Gasteiger charge is -2.30. The molecule has 1 aliphatic rings. The third-order valence-electron chi connectivity index (χ3n) is 5.09. The number of carboxylic acid groups (broad SMARTS) is 1. The van der Waals surface area contributed by atoms with Crippen LogP contribution >= 0.6 is 0 Å². The highest BCUT2D eigenvalue weighted by Gasteiger charge is 2.40. The third-order valence-corrected chi connectivity index (χ3v) is 5.09. The van der Waals surface area contributed by atoms with Crippen molar-refractivity contribution in [3.8, 4) is 5.75 Å². The molecule has 1 atom stereocenters. The number of hydrogen-bond acceptors (Lipinski definition) is 4. The van der Waals surface area contributed by atoms with Crippen LogP contribution in [0.25, 0.3) is 0 Å². The van der Waals surface area contributed by atoms with E-state index in [1.807, 2.05) is 6.07 Å². The molecule has 29 heavy (non-hydrogen) atoms. The van der Waals surface area contributed by atoms with E-state index in [0.29, 0.717) is 24.3 Å². The lowest BCUT2D eigenvalue weighted by atomic mass is 9.87. The van der Waals surface area contributed by atoms with Crippen LogP contribution in [0.4, 0.5) is 5.69 Å². The van der Waals surface area contributed by atoms with Crippen LogP contribution in [0.3, 0.4) is 0 Å². The normalized spacial score (nSPS) is 15.6. The minimum atomic E-state index is -1.52. The number of ether oxygens (including phenoxy) is 1. The summed E-state index contributed by atoms with van der Waals surface area (Å²) in [5, 5.41) is 12.4. The molecule has 2 aromatic carbocycles. The molecule has 2 N–H and O–H groups in total. The Morgan fingerprint density at radius 1 is 1.17 bits per heavy atom. The highest BCUT2D eigenvalue weighted by Crippen LogP contribution is 2.27. The summed E-state index contributed by atoms with van der Waals surface area (Å²) < 4.78 is 5.57. The van der Waals surface area contributed by atoms with E-state index in [2.05, 4.69) is 5.32 Å². The molecule has 1 aliphatic heterocycles. The quantitative estimate of drug-likeness (QED) is 0.715. The maximum absolute atomic E-state index is 12.5. The van der Waals surface area contributed by atoms with E-state index in [1.54, 1.807) is 60.4 Å². The number of rotatable bonds is 8. The fourth-order valence-corrected chi connectivity index (χ4v) is 3.50. The van der Waals surface area contributed by atoms with Gasteiger partial charge in [0.1, 0.15) is 5.75 Å². The predicted octanol–water partition coefficient (Wildman–Crippen LogP) is 2.70. The number of benzene rings is 2. The van der Waals surface area contributed by atoms with Crippen LogP contribution in [0.15, 0.2) is 54.6 Å². The molecule has 0 spiro atoms. The van der Waals surface area contributed by atoms with Crippen LogP contribution < -0.4 is 15.0 Å². The lowest BCUT2D eigenvalue weighted by Crippen LogP contribution is -2.52. The van der Waals surface area contributed by atoms with Gasteiger partial charge in [-0.15, -0.1) is 0 Å². The molecule has 7 nitrogen and oxygen atoms in total. The van der Waals surface area contributed by atoms with Gasteiger partial charge < -0.3 is 20.1 Å². The Morgan fingerprint density at radius 2 is 1.93 bits per heavy atom. The Kier molecular flexibility index (Phi) is 6.16. The standard InChI is InChI=1S/C22H24N2O5/c1-2-22(21(27)28,16-8-4-3-5-9-16)23-19(25)15-29-18-11-6-10-17(14-18)24-13-7-12-20(24)26/h3-6,8-11,14H,2,7,12-13,15H2,1H3,(H,23,25)(H,27,28). The lowest BCUT2D eigenvalue weighted by molar-refractivity contribution is -0.148. The zero-order chi connectivity index (χ0) is 20.9. The van der Waals surface area contributed by atoms with Gasteiger partial charge in [0.25, 0.3) is 5.91 Å². The van der Waals surface area contributed by atoms with Gasteiger partial charge in [-0.05, 0) is 30.5 Å². The molecule has 0 aliphatic carbocycles. The zero-order valence-corrected chi connectivity index (χ0v) is 16.3. The van der Waals surface area contributed by atoms with E-state index in [1.165, 1.54) is 0 Å². The maximum atomic E-state index is 12.5. The molecule has 1 fully saturated rings. The second-order valence-corrected chi connectivity index (χ2v) is 6.91. The van der Waals surface area contributed by atoms with Crippen molar-refractivity contribution in [1.29, 1.82) is 0 Å². The van der Waals surface area contributed by atoms with Crippen molar-refractivity contribution in [3.05, 3.63) is 60.2 Å². The van der Waals surface area contributed by atoms with Crippen molar-refractivity contribution in [3.63, 3.8) is 0 Å². The minimum absolute atomic E-state index is 0.0666. The Hall–Kier alpha value is -3.35. The van der Waals surface area contributed by atoms with Crippen LogP contribution in [-0.4, -0.2) is 36.0 Å². The number of carbonyl (C=O) groups is 3. The molecule has 1 heterocycles. The fraction of sp³-hybridized carbons (Fsp3) is 0.318. The second-order valence-electron chi connectivity index (χ2n) is 6.91. The number of aliphatic carboxylic acids is 1. The van der Waals surface area contributed by atoms with Gasteiger partial charge in [-0.25, -0.2) is 4.79 Å². The van der Waals surface area contributed by atoms with Gasteiger partial charge >= 0.3 is 5.97 Å². The molecule has 2 aromatic rings. The second kappa shape index (κ2) is 8.77. The third kappa shape index (κ3) is 4.39. The Labute approximate surface area is 169 Å². The van der Waals surface area contributed by atoms with Crippen molar-refractivity contribution >= 4 is 23.5 Å². The first-order valence-corrected chi connectivity index (χ1v) is 9.59. The van der Waals surface area contributed by atoms with Gasteiger partial charge in [0.15, 0.2) is 12.1 Å². The number of nitrogens with one attached hydrogen (secondary N) is 1. The summed E-state index contributed by atoms with van der Waals surface area (Å²) in [6, 6.07) is 15.6. The monoisotopic (exact) mass is 396 g/mol. The first-order valence-electron chi connectivity index (χ1n) is 9.59. The Morgan fingerprint density at radius 3 is 2.55 bits per heavy atom.